The maximum atomic E-state index is 10.4. The molecule has 3 nitrogen and oxygen atoms in total. The molecule has 0 bridgehead atoms. The van der Waals surface area contributed by atoms with E-state index >= 15 is 0 Å². The summed E-state index contributed by atoms with van der Waals surface area (Å²) >= 11 is 0. The first-order valence-corrected chi connectivity index (χ1v) is 41.0. The zero-order valence-electron chi connectivity index (χ0n) is 79.7. The van der Waals surface area contributed by atoms with Crippen molar-refractivity contribution in [2.45, 2.75) is 209 Å². The number of hydrogen-bond donors (Lipinski definition) is 0. The fraction of sp³-hybridized carbons (Fsp3) is 0.291. The number of fused-ring (bicyclic) bond motifs is 7. The molecule has 114 heavy (non-hydrogen) atoms. The summed E-state index contributed by atoms with van der Waals surface area (Å²) in [6, 6.07) is 79.0. The summed E-state index contributed by atoms with van der Waals surface area (Å²) in [6.45, 7) is 54.0. The van der Waals surface area contributed by atoms with E-state index in [-0.39, 0.29) is 77.2 Å². The second kappa shape index (κ2) is 27.5. The highest BCUT2D eigenvalue weighted by molar-refractivity contribution is 7.00. The second-order valence-electron chi connectivity index (χ2n) is 40.6. The third kappa shape index (κ3) is 14.1. The Balaban J connectivity index is 1.17. The van der Waals surface area contributed by atoms with Gasteiger partial charge in [-0.3, -0.25) is 0 Å². The molecule has 0 fully saturated rings. The Bertz CT molecular complexity index is 5980. The van der Waals surface area contributed by atoms with Crippen LogP contribution in [0.4, 0.5) is 34.1 Å². The first-order chi connectivity index (χ1) is 56.9. The Morgan fingerprint density at radius 1 is 0.246 bits per heavy atom. The van der Waals surface area contributed by atoms with Crippen LogP contribution in [0.3, 0.4) is 0 Å². The van der Waals surface area contributed by atoms with Crippen LogP contribution < -0.4 is 26.2 Å². The number of nitrogens with zero attached hydrogens (tertiary/aromatic N) is 3. The lowest BCUT2D eigenvalue weighted by molar-refractivity contribution is 0.568. The van der Waals surface area contributed by atoms with Crippen LogP contribution in [0, 0.1) is 0 Å². The molecule has 2 aliphatic heterocycles. The molecular formula is C110H116BN3. The Labute approximate surface area is 693 Å². The van der Waals surface area contributed by atoms with E-state index in [4.69, 9.17) is 0 Å². The third-order valence-corrected chi connectivity index (χ3v) is 24.1. The van der Waals surface area contributed by atoms with E-state index in [2.05, 4.69) is 394 Å². The van der Waals surface area contributed by atoms with Crippen molar-refractivity contribution in [3.63, 3.8) is 0 Å². The average Bonchev–Trinajstić information content (AvgIpc) is 1.02. The van der Waals surface area contributed by atoms with Gasteiger partial charge in [0, 0.05) is 55.8 Å². The predicted molar refractivity (Wildman–Crippen MR) is 497 cm³/mol. The van der Waals surface area contributed by atoms with Crippen molar-refractivity contribution in [2.75, 3.05) is 9.80 Å². The molecule has 3 heterocycles. The molecule has 2 aliphatic rings. The molecule has 0 amide bonds. The van der Waals surface area contributed by atoms with Gasteiger partial charge in [-0.05, 0) is 185 Å². The van der Waals surface area contributed by atoms with Gasteiger partial charge in [0.25, 0.3) is 6.71 Å². The van der Waals surface area contributed by atoms with Crippen molar-refractivity contribution in [2.24, 2.45) is 0 Å². The highest BCUT2D eigenvalue weighted by atomic mass is 15.2. The maximum Gasteiger partial charge on any atom is 0.252 e. The summed E-state index contributed by atoms with van der Waals surface area (Å²) in [6.07, 6.45) is 0. The smallest absolute Gasteiger partial charge is 0.252 e. The van der Waals surface area contributed by atoms with Crippen LogP contribution >= 0.6 is 0 Å². The van der Waals surface area contributed by atoms with Gasteiger partial charge in [-0.2, -0.15) is 0 Å². The van der Waals surface area contributed by atoms with Crippen LogP contribution in [0.15, 0.2) is 267 Å². The Morgan fingerprint density at radius 2 is 0.509 bits per heavy atom. The van der Waals surface area contributed by atoms with Crippen molar-refractivity contribution < 1.29 is 11.0 Å². The molecule has 0 spiro atoms. The fourth-order valence-electron chi connectivity index (χ4n) is 17.0. The van der Waals surface area contributed by atoms with Crippen LogP contribution in [-0.4, -0.2) is 11.3 Å². The first-order valence-electron chi connectivity index (χ1n) is 45.0. The fourth-order valence-corrected chi connectivity index (χ4v) is 17.0. The molecule has 4 heteroatoms. The van der Waals surface area contributed by atoms with Crippen molar-refractivity contribution in [3.8, 4) is 72.4 Å². The molecular weight excluding hydrogens is 1370 g/mol. The van der Waals surface area contributed by atoms with Gasteiger partial charge in [0.15, 0.2) is 0 Å². The van der Waals surface area contributed by atoms with Crippen molar-refractivity contribution in [1.29, 1.82) is 0 Å². The largest absolute Gasteiger partial charge is 0.310 e. The quantitative estimate of drug-likeness (QED) is 0.133. The van der Waals surface area contributed by atoms with E-state index in [0.717, 1.165) is 117 Å². The summed E-state index contributed by atoms with van der Waals surface area (Å²) in [5, 5.41) is -0.00883. The SMILES string of the molecule is [2H]c1c([2H])c([2H])c2c(c1[2H])c1c([2H])c([2H])c([2H])c([2H])c1n2-c1cc2c3c(c1)N(c1c(-c4ccc(C(C)(C)C)cc4)cccc1-c1ccc(C(C)(C)C)cc1)c1cc(-c4cc(C(C)(C)C)cc(C(C)(C)C)c4)ccc1B3c1ccc(-c3cc(C(C)(C)C)cc(C(C)(C)C)c3)cc1N2c1c(-c2ccc(C(C)(C)C)cc2)cccc1-c1ccc(C(C)(C)C)cc1. The molecule has 13 aromatic carbocycles. The van der Waals surface area contributed by atoms with Gasteiger partial charge >= 0.3 is 0 Å². The highest BCUT2D eigenvalue weighted by Gasteiger charge is 2.46. The highest BCUT2D eigenvalue weighted by Crippen LogP contribution is 2.56. The summed E-state index contributed by atoms with van der Waals surface area (Å²) in [7, 11) is 0. The minimum absolute atomic E-state index is 0.00441. The van der Waals surface area contributed by atoms with Crippen LogP contribution in [0.1, 0.15) is 222 Å². The summed E-state index contributed by atoms with van der Waals surface area (Å²) < 4.78 is 80.7. The number of benzene rings is 13. The van der Waals surface area contributed by atoms with E-state index in [9.17, 15) is 11.0 Å². The molecule has 1 aromatic heterocycles. The van der Waals surface area contributed by atoms with E-state index in [1.807, 2.05) is 0 Å². The van der Waals surface area contributed by atoms with Crippen molar-refractivity contribution >= 4 is 79.0 Å². The lowest BCUT2D eigenvalue weighted by Crippen LogP contribution is -2.61. The standard InChI is InChI=1S/C110H116BN3/c1-103(2,3)77-49-39-69(40-50-77)86-33-29-34-87(70-41-51-78(52-42-70)104(4,5)6)101(86)113-96-63-73(75-59-81(107(13,14)15)65-82(60-75)108(16,17)18)47-57-92(96)111-93-58-48-74(76-61-83(109(19,20)21)66-84(62-76)110(22,23)24)64-97(93)114(99-68-85(67-98(113)100(99)111)112-94-37-27-25-31-90(94)91-32-26-28-38-95(91)112)102-88(71-43-53-79(54-44-71)105(7,8)9)35-30-36-89(102)72-45-55-80(56-46-72)106(10,11)12/h25-68H,1-24H3/i25D,26D,27D,28D,31D,32D,37D,38D. The van der Waals surface area contributed by atoms with Gasteiger partial charge in [0.2, 0.25) is 0 Å². The molecule has 0 saturated carbocycles. The topological polar surface area (TPSA) is 11.4 Å². The molecule has 16 rings (SSSR count). The number of rotatable bonds is 9. The van der Waals surface area contributed by atoms with Gasteiger partial charge in [-0.25, -0.2) is 0 Å². The number of hydrogen-bond acceptors (Lipinski definition) is 2. The van der Waals surface area contributed by atoms with Gasteiger partial charge in [0.05, 0.1) is 39.1 Å². The number of para-hydroxylation sites is 4. The normalized spacial score (nSPS) is 14.5. The zero-order chi connectivity index (χ0) is 88.0. The summed E-state index contributed by atoms with van der Waals surface area (Å²) in [5.74, 6) is 0. The van der Waals surface area contributed by atoms with E-state index < -0.39 is 43.0 Å². The molecule has 0 radical (unpaired) electrons. The van der Waals surface area contributed by atoms with E-state index in [1.54, 1.807) is 4.57 Å². The Kier molecular flexibility index (Phi) is 16.4. The van der Waals surface area contributed by atoms with Gasteiger partial charge in [-0.15, -0.1) is 0 Å². The molecule has 0 saturated heterocycles. The Morgan fingerprint density at radius 3 is 0.781 bits per heavy atom. The average molecular weight is 1500 g/mol. The van der Waals surface area contributed by atoms with E-state index in [1.165, 1.54) is 44.5 Å². The molecule has 0 atom stereocenters. The first kappa shape index (κ1) is 67.8. The van der Waals surface area contributed by atoms with Crippen molar-refractivity contribution in [3.05, 3.63) is 311 Å². The molecule has 0 N–H and O–H groups in total. The van der Waals surface area contributed by atoms with Crippen LogP contribution in [0.25, 0.3) is 94.3 Å². The summed E-state index contributed by atoms with van der Waals surface area (Å²) in [5.41, 5.74) is 28.7. The predicted octanol–water partition coefficient (Wildman–Crippen LogP) is 29.2. The van der Waals surface area contributed by atoms with Gasteiger partial charge in [0.1, 0.15) is 0 Å². The summed E-state index contributed by atoms with van der Waals surface area (Å²) in [4.78, 5) is 5.00. The molecule has 0 unspecified atom stereocenters. The van der Waals surface area contributed by atoms with Crippen LogP contribution in [-0.2, 0) is 43.3 Å². The van der Waals surface area contributed by atoms with Gasteiger partial charge < -0.3 is 14.4 Å². The maximum absolute atomic E-state index is 10.4. The lowest BCUT2D eigenvalue weighted by Gasteiger charge is -2.46. The van der Waals surface area contributed by atoms with E-state index in [0.29, 0.717) is 5.69 Å². The molecule has 14 aromatic rings. The minimum atomic E-state index is -0.528. The van der Waals surface area contributed by atoms with Gasteiger partial charge in [-0.1, -0.05) is 397 Å². The minimum Gasteiger partial charge on any atom is -0.310 e. The Hall–Kier alpha value is -10.7. The molecule has 0 aliphatic carbocycles. The van der Waals surface area contributed by atoms with Crippen LogP contribution in [0.5, 0.6) is 0 Å². The van der Waals surface area contributed by atoms with Crippen molar-refractivity contribution in [1.82, 2.24) is 4.57 Å². The lowest BCUT2D eigenvalue weighted by atomic mass is 9.33. The number of anilines is 6. The van der Waals surface area contributed by atoms with Crippen LogP contribution in [0.2, 0.25) is 0 Å². The third-order valence-electron chi connectivity index (χ3n) is 24.1. The number of aromatic nitrogens is 1. The zero-order valence-corrected chi connectivity index (χ0v) is 71.7. The second-order valence-corrected chi connectivity index (χ2v) is 40.6. The monoisotopic (exact) mass is 1500 g/mol. The molecule has 574 valence electrons.